The maximum absolute atomic E-state index is 12.5. The van der Waals surface area contributed by atoms with Crippen molar-refractivity contribution in [3.05, 3.63) is 98.5 Å². The number of benzene rings is 3. The fraction of sp³-hybridized carbons (Fsp3) is 0.0455. The van der Waals surface area contributed by atoms with E-state index in [0.717, 1.165) is 4.47 Å². The van der Waals surface area contributed by atoms with Crippen molar-refractivity contribution < 1.29 is 19.2 Å². The molecule has 0 aromatic heterocycles. The van der Waals surface area contributed by atoms with Gasteiger partial charge in [-0.25, -0.2) is 5.43 Å². The SMILES string of the molecule is O=C(COc1ccccc1C(=O)N/N=C\c1cccc([N+](=O)[O-])c1)Nc1ccc(Br)cc1. The first-order chi connectivity index (χ1) is 15.4. The van der Waals surface area contributed by atoms with Crippen molar-refractivity contribution in [2.45, 2.75) is 0 Å². The third-order valence-corrected chi connectivity index (χ3v) is 4.61. The fourth-order valence-corrected chi connectivity index (χ4v) is 2.86. The third kappa shape index (κ3) is 6.47. The van der Waals surface area contributed by atoms with Gasteiger partial charge in [-0.1, -0.05) is 40.2 Å². The van der Waals surface area contributed by atoms with Crippen LogP contribution in [0.5, 0.6) is 5.75 Å². The van der Waals surface area contributed by atoms with Gasteiger partial charge in [0.05, 0.1) is 16.7 Å². The van der Waals surface area contributed by atoms with E-state index in [-0.39, 0.29) is 29.5 Å². The second-order valence-electron chi connectivity index (χ2n) is 6.39. The van der Waals surface area contributed by atoms with Crippen LogP contribution in [0.15, 0.2) is 82.4 Å². The van der Waals surface area contributed by atoms with Crippen LogP contribution < -0.4 is 15.5 Å². The van der Waals surface area contributed by atoms with Crippen LogP contribution in [0.3, 0.4) is 0 Å². The van der Waals surface area contributed by atoms with E-state index in [0.29, 0.717) is 11.3 Å². The lowest BCUT2D eigenvalue weighted by atomic mass is 10.2. The lowest BCUT2D eigenvalue weighted by molar-refractivity contribution is -0.384. The van der Waals surface area contributed by atoms with E-state index in [9.17, 15) is 19.7 Å². The predicted molar refractivity (Wildman–Crippen MR) is 123 cm³/mol. The van der Waals surface area contributed by atoms with E-state index >= 15 is 0 Å². The normalized spacial score (nSPS) is 10.5. The van der Waals surface area contributed by atoms with Gasteiger partial charge in [0.1, 0.15) is 5.75 Å². The molecule has 3 aromatic carbocycles. The highest BCUT2D eigenvalue weighted by Crippen LogP contribution is 2.18. The average Bonchev–Trinajstić information content (AvgIpc) is 2.79. The van der Waals surface area contributed by atoms with Crippen LogP contribution in [0.2, 0.25) is 0 Å². The van der Waals surface area contributed by atoms with Crippen LogP contribution in [0.1, 0.15) is 15.9 Å². The Balaban J connectivity index is 1.59. The number of hydrogen-bond donors (Lipinski definition) is 2. The number of non-ortho nitro benzene ring substituents is 1. The highest BCUT2D eigenvalue weighted by atomic mass is 79.9. The largest absolute Gasteiger partial charge is 0.483 e. The number of nitro groups is 1. The van der Waals surface area contributed by atoms with Gasteiger partial charge >= 0.3 is 0 Å². The number of para-hydroxylation sites is 1. The molecule has 0 aliphatic carbocycles. The number of amides is 2. The van der Waals surface area contributed by atoms with E-state index in [1.54, 1.807) is 48.5 Å². The highest BCUT2D eigenvalue weighted by Gasteiger charge is 2.13. The van der Waals surface area contributed by atoms with Crippen molar-refractivity contribution in [3.63, 3.8) is 0 Å². The van der Waals surface area contributed by atoms with Gasteiger partial charge < -0.3 is 10.1 Å². The Labute approximate surface area is 191 Å². The minimum absolute atomic E-state index is 0.0829. The summed E-state index contributed by atoms with van der Waals surface area (Å²) >= 11 is 3.32. The van der Waals surface area contributed by atoms with Crippen molar-refractivity contribution in [1.82, 2.24) is 5.43 Å². The second kappa shape index (κ2) is 10.8. The molecule has 9 nitrogen and oxygen atoms in total. The van der Waals surface area contributed by atoms with Gasteiger partial charge in [0.25, 0.3) is 17.5 Å². The molecule has 32 heavy (non-hydrogen) atoms. The molecule has 0 saturated carbocycles. The van der Waals surface area contributed by atoms with Crippen LogP contribution in [0.4, 0.5) is 11.4 Å². The summed E-state index contributed by atoms with van der Waals surface area (Å²) in [7, 11) is 0. The lowest BCUT2D eigenvalue weighted by Gasteiger charge is -2.11. The molecule has 0 atom stereocenters. The first kappa shape index (κ1) is 22.6. The summed E-state index contributed by atoms with van der Waals surface area (Å²) in [5, 5.41) is 17.4. The van der Waals surface area contributed by atoms with Crippen LogP contribution in [0.25, 0.3) is 0 Å². The van der Waals surface area contributed by atoms with E-state index < -0.39 is 10.8 Å². The number of carbonyl (C=O) groups is 2. The predicted octanol–water partition coefficient (Wildman–Crippen LogP) is 4.14. The smallest absolute Gasteiger partial charge is 0.275 e. The van der Waals surface area contributed by atoms with Crippen molar-refractivity contribution in [1.29, 1.82) is 0 Å². The van der Waals surface area contributed by atoms with Gasteiger partial charge in [0.2, 0.25) is 0 Å². The van der Waals surface area contributed by atoms with Crippen LogP contribution >= 0.6 is 15.9 Å². The van der Waals surface area contributed by atoms with E-state index in [2.05, 4.69) is 31.8 Å². The molecule has 2 amide bonds. The van der Waals surface area contributed by atoms with E-state index in [4.69, 9.17) is 4.74 Å². The Morgan fingerprint density at radius 3 is 2.56 bits per heavy atom. The molecule has 0 aliphatic heterocycles. The number of carbonyl (C=O) groups excluding carboxylic acids is 2. The first-order valence-corrected chi connectivity index (χ1v) is 10.1. The summed E-state index contributed by atoms with van der Waals surface area (Å²) in [5.41, 5.74) is 3.51. The molecule has 0 spiro atoms. The van der Waals surface area contributed by atoms with Crippen molar-refractivity contribution in [3.8, 4) is 5.75 Å². The van der Waals surface area contributed by atoms with Crippen LogP contribution in [0, 0.1) is 10.1 Å². The number of nitro benzene ring substituents is 1. The standard InChI is InChI=1S/C22H17BrN4O5/c23-16-8-10-17(11-9-16)25-21(28)14-32-20-7-2-1-6-19(20)22(29)26-24-13-15-4-3-5-18(12-15)27(30)31/h1-13H,14H2,(H,25,28)(H,26,29)/b24-13-. The lowest BCUT2D eigenvalue weighted by Crippen LogP contribution is -2.22. The van der Waals surface area contributed by atoms with Crippen LogP contribution in [-0.4, -0.2) is 29.6 Å². The number of nitrogens with one attached hydrogen (secondary N) is 2. The summed E-state index contributed by atoms with van der Waals surface area (Å²) in [5.74, 6) is -0.733. The monoisotopic (exact) mass is 496 g/mol. The number of ether oxygens (including phenoxy) is 1. The van der Waals surface area contributed by atoms with Gasteiger partial charge in [-0.15, -0.1) is 0 Å². The Bertz CT molecular complexity index is 1160. The molecule has 0 heterocycles. The van der Waals surface area contributed by atoms with E-state index in [1.165, 1.54) is 30.5 Å². The summed E-state index contributed by atoms with van der Waals surface area (Å²) in [6.07, 6.45) is 1.29. The molecule has 3 aromatic rings. The Kier molecular flexibility index (Phi) is 7.65. The summed E-state index contributed by atoms with van der Waals surface area (Å²) in [6.45, 7) is -0.294. The number of anilines is 1. The summed E-state index contributed by atoms with van der Waals surface area (Å²) in [4.78, 5) is 34.9. The Hall–Kier alpha value is -4.05. The zero-order valence-electron chi connectivity index (χ0n) is 16.5. The molecule has 0 unspecified atom stereocenters. The molecule has 2 N–H and O–H groups in total. The average molecular weight is 497 g/mol. The minimum Gasteiger partial charge on any atom is -0.483 e. The zero-order valence-corrected chi connectivity index (χ0v) is 18.1. The summed E-state index contributed by atoms with van der Waals surface area (Å²) in [6, 6.07) is 19.3. The minimum atomic E-state index is -0.560. The topological polar surface area (TPSA) is 123 Å². The van der Waals surface area contributed by atoms with Crippen molar-refractivity contribution in [2.24, 2.45) is 5.10 Å². The maximum Gasteiger partial charge on any atom is 0.275 e. The fourth-order valence-electron chi connectivity index (χ4n) is 2.60. The van der Waals surface area contributed by atoms with Crippen molar-refractivity contribution in [2.75, 3.05) is 11.9 Å². The van der Waals surface area contributed by atoms with Crippen molar-refractivity contribution >= 4 is 45.3 Å². The number of hydrazone groups is 1. The number of nitrogens with zero attached hydrogens (tertiary/aromatic N) is 2. The Morgan fingerprint density at radius 2 is 1.81 bits per heavy atom. The zero-order chi connectivity index (χ0) is 22.9. The molecule has 0 aliphatic rings. The number of halogens is 1. The number of rotatable bonds is 8. The highest BCUT2D eigenvalue weighted by molar-refractivity contribution is 9.10. The number of hydrogen-bond acceptors (Lipinski definition) is 6. The van der Waals surface area contributed by atoms with Gasteiger partial charge in [-0.05, 0) is 36.4 Å². The molecular formula is C22H17BrN4O5. The molecule has 0 bridgehead atoms. The van der Waals surface area contributed by atoms with Gasteiger partial charge in [-0.3, -0.25) is 19.7 Å². The summed E-state index contributed by atoms with van der Waals surface area (Å²) < 4.78 is 6.40. The second-order valence-corrected chi connectivity index (χ2v) is 7.31. The molecule has 0 fully saturated rings. The first-order valence-electron chi connectivity index (χ1n) is 9.27. The van der Waals surface area contributed by atoms with Crippen LogP contribution in [-0.2, 0) is 4.79 Å². The Morgan fingerprint density at radius 1 is 1.06 bits per heavy atom. The molecule has 3 rings (SSSR count). The molecule has 0 saturated heterocycles. The molecule has 162 valence electrons. The molecule has 10 heteroatoms. The van der Waals surface area contributed by atoms with Gasteiger partial charge in [0.15, 0.2) is 6.61 Å². The van der Waals surface area contributed by atoms with Gasteiger partial charge in [-0.2, -0.15) is 5.10 Å². The maximum atomic E-state index is 12.5. The quantitative estimate of drug-likeness (QED) is 0.275. The molecular weight excluding hydrogens is 480 g/mol. The van der Waals surface area contributed by atoms with E-state index in [1.807, 2.05) is 0 Å². The third-order valence-electron chi connectivity index (χ3n) is 4.08. The molecule has 0 radical (unpaired) electrons. The van der Waals surface area contributed by atoms with Gasteiger partial charge in [0, 0.05) is 27.9 Å².